The van der Waals surface area contributed by atoms with Gasteiger partial charge in [0.05, 0.1) is 0 Å². The minimum absolute atomic E-state index is 0.941. The molecule has 0 atom stereocenters. The van der Waals surface area contributed by atoms with Gasteiger partial charge in [0.25, 0.3) is 0 Å². The van der Waals surface area contributed by atoms with Crippen LogP contribution in [0.3, 0.4) is 0 Å². The lowest BCUT2D eigenvalue weighted by molar-refractivity contribution is 0.868. The van der Waals surface area contributed by atoms with Crippen molar-refractivity contribution in [2.24, 2.45) is 0 Å². The molecular weight excluding hydrogens is 190 g/mol. The molecule has 1 aromatic rings. The fourth-order valence-electron chi connectivity index (χ4n) is 2.14. The number of hydrogen-bond acceptors (Lipinski definition) is 2. The van der Waals surface area contributed by atoms with Crippen LogP contribution in [0.15, 0.2) is 18.2 Å². The summed E-state index contributed by atoms with van der Waals surface area (Å²) >= 11 is 4.26. The molecule has 1 aliphatic heterocycles. The predicted molar refractivity (Wildman–Crippen MR) is 65.6 cm³/mol. The molecule has 0 amide bonds. The zero-order valence-corrected chi connectivity index (χ0v) is 9.56. The van der Waals surface area contributed by atoms with Gasteiger partial charge in [0.2, 0.25) is 0 Å². The zero-order valence-electron chi connectivity index (χ0n) is 8.66. The summed E-state index contributed by atoms with van der Waals surface area (Å²) in [5, 5.41) is 0. The summed E-state index contributed by atoms with van der Waals surface area (Å²) in [7, 11) is 0. The maximum absolute atomic E-state index is 4.26. The summed E-state index contributed by atoms with van der Waals surface area (Å²) < 4.78 is 0. The standard InChI is InChI=1S/C12H17NS/c1-2-13-7-5-11-9-10(6-8-14)3-4-12(11)13/h3-4,9,14H,2,5-8H2,1H3. The van der Waals surface area contributed by atoms with Crippen molar-refractivity contribution in [3.8, 4) is 0 Å². The molecular formula is C12H17NS. The summed E-state index contributed by atoms with van der Waals surface area (Å²) in [5.74, 6) is 0.941. The molecule has 0 saturated heterocycles. The highest BCUT2D eigenvalue weighted by Gasteiger charge is 2.16. The van der Waals surface area contributed by atoms with E-state index in [9.17, 15) is 0 Å². The molecule has 2 rings (SSSR count). The lowest BCUT2D eigenvalue weighted by Gasteiger charge is -2.16. The molecule has 0 fully saturated rings. The molecule has 1 aromatic carbocycles. The van der Waals surface area contributed by atoms with Crippen molar-refractivity contribution < 1.29 is 0 Å². The average molecular weight is 207 g/mol. The lowest BCUT2D eigenvalue weighted by Crippen LogP contribution is -2.18. The fourth-order valence-corrected chi connectivity index (χ4v) is 2.39. The van der Waals surface area contributed by atoms with E-state index in [2.05, 4.69) is 42.7 Å². The van der Waals surface area contributed by atoms with E-state index in [0.29, 0.717) is 0 Å². The van der Waals surface area contributed by atoms with Crippen LogP contribution in [0.2, 0.25) is 0 Å². The van der Waals surface area contributed by atoms with Crippen LogP contribution in [-0.4, -0.2) is 18.8 Å². The van der Waals surface area contributed by atoms with E-state index >= 15 is 0 Å². The van der Waals surface area contributed by atoms with Gasteiger partial charge in [-0.1, -0.05) is 12.1 Å². The van der Waals surface area contributed by atoms with Gasteiger partial charge in [0, 0.05) is 18.8 Å². The Kier molecular flexibility index (Phi) is 3.02. The van der Waals surface area contributed by atoms with Gasteiger partial charge in [-0.05, 0) is 42.7 Å². The number of nitrogens with zero attached hydrogens (tertiary/aromatic N) is 1. The Morgan fingerprint density at radius 2 is 2.29 bits per heavy atom. The average Bonchev–Trinajstić information content (AvgIpc) is 2.60. The van der Waals surface area contributed by atoms with E-state index in [1.54, 1.807) is 0 Å². The minimum atomic E-state index is 0.941. The molecule has 76 valence electrons. The first kappa shape index (κ1) is 9.91. The number of fused-ring (bicyclic) bond motifs is 1. The van der Waals surface area contributed by atoms with Crippen LogP contribution in [0, 0.1) is 0 Å². The van der Waals surface area contributed by atoms with Crippen LogP contribution in [0.4, 0.5) is 5.69 Å². The third kappa shape index (κ3) is 1.76. The molecule has 2 heteroatoms. The Hall–Kier alpha value is -0.630. The number of hydrogen-bond donors (Lipinski definition) is 1. The molecule has 14 heavy (non-hydrogen) atoms. The molecule has 1 heterocycles. The van der Waals surface area contributed by atoms with Gasteiger partial charge < -0.3 is 4.90 Å². The van der Waals surface area contributed by atoms with E-state index in [-0.39, 0.29) is 0 Å². The Balaban J connectivity index is 2.25. The Morgan fingerprint density at radius 1 is 1.43 bits per heavy atom. The monoisotopic (exact) mass is 207 g/mol. The first-order valence-electron chi connectivity index (χ1n) is 5.32. The first-order chi connectivity index (χ1) is 6.85. The van der Waals surface area contributed by atoms with E-state index in [4.69, 9.17) is 0 Å². The third-order valence-electron chi connectivity index (χ3n) is 2.92. The number of aryl methyl sites for hydroxylation is 1. The number of rotatable bonds is 3. The minimum Gasteiger partial charge on any atom is -0.371 e. The largest absolute Gasteiger partial charge is 0.371 e. The van der Waals surface area contributed by atoms with Gasteiger partial charge >= 0.3 is 0 Å². The topological polar surface area (TPSA) is 3.24 Å². The summed E-state index contributed by atoms with van der Waals surface area (Å²) in [4.78, 5) is 2.44. The molecule has 0 spiro atoms. The maximum Gasteiger partial charge on any atom is 0.0399 e. The normalized spacial score (nSPS) is 14.6. The maximum atomic E-state index is 4.26. The smallest absolute Gasteiger partial charge is 0.0399 e. The highest BCUT2D eigenvalue weighted by atomic mass is 32.1. The van der Waals surface area contributed by atoms with Crippen LogP contribution < -0.4 is 4.90 Å². The first-order valence-corrected chi connectivity index (χ1v) is 5.96. The third-order valence-corrected chi connectivity index (χ3v) is 3.14. The summed E-state index contributed by atoms with van der Waals surface area (Å²) in [5.41, 5.74) is 4.39. The van der Waals surface area contributed by atoms with Crippen LogP contribution in [0.25, 0.3) is 0 Å². The van der Waals surface area contributed by atoms with Crippen LogP contribution in [0.1, 0.15) is 18.1 Å². The number of anilines is 1. The molecule has 1 nitrogen and oxygen atoms in total. The van der Waals surface area contributed by atoms with Gasteiger partial charge in [-0.15, -0.1) is 0 Å². The molecule has 0 N–H and O–H groups in total. The predicted octanol–water partition coefficient (Wildman–Crippen LogP) is 2.54. The van der Waals surface area contributed by atoms with Crippen molar-refractivity contribution in [3.63, 3.8) is 0 Å². The van der Waals surface area contributed by atoms with E-state index in [1.807, 2.05) is 0 Å². The highest BCUT2D eigenvalue weighted by Crippen LogP contribution is 2.28. The zero-order chi connectivity index (χ0) is 9.97. The van der Waals surface area contributed by atoms with Crippen molar-refractivity contribution in [1.82, 2.24) is 0 Å². The lowest BCUT2D eigenvalue weighted by atomic mass is 10.1. The van der Waals surface area contributed by atoms with Crippen LogP contribution in [-0.2, 0) is 12.8 Å². The molecule has 0 bridgehead atoms. The van der Waals surface area contributed by atoms with Gasteiger partial charge in [-0.2, -0.15) is 12.6 Å². The van der Waals surface area contributed by atoms with Crippen molar-refractivity contribution in [3.05, 3.63) is 29.3 Å². The molecule has 0 aliphatic carbocycles. The SMILES string of the molecule is CCN1CCc2cc(CCS)ccc21. The summed E-state index contributed by atoms with van der Waals surface area (Å²) in [6.45, 7) is 4.53. The van der Waals surface area contributed by atoms with Crippen LogP contribution >= 0.6 is 12.6 Å². The Morgan fingerprint density at radius 3 is 3.00 bits per heavy atom. The number of benzene rings is 1. The second-order valence-corrected chi connectivity index (χ2v) is 4.21. The quantitative estimate of drug-likeness (QED) is 0.746. The highest BCUT2D eigenvalue weighted by molar-refractivity contribution is 7.80. The molecule has 1 aliphatic rings. The fraction of sp³-hybridized carbons (Fsp3) is 0.500. The summed E-state index contributed by atoms with van der Waals surface area (Å²) in [6, 6.07) is 6.86. The van der Waals surface area contributed by atoms with Gasteiger partial charge in [0.1, 0.15) is 0 Å². The van der Waals surface area contributed by atoms with E-state index in [1.165, 1.54) is 29.8 Å². The molecule has 0 unspecified atom stereocenters. The van der Waals surface area contributed by atoms with Crippen molar-refractivity contribution in [2.75, 3.05) is 23.7 Å². The van der Waals surface area contributed by atoms with Crippen molar-refractivity contribution in [1.29, 1.82) is 0 Å². The van der Waals surface area contributed by atoms with E-state index in [0.717, 1.165) is 18.7 Å². The number of likely N-dealkylation sites (N-methyl/N-ethyl adjacent to an activating group) is 1. The van der Waals surface area contributed by atoms with Crippen molar-refractivity contribution >= 4 is 18.3 Å². The molecule has 0 aromatic heterocycles. The molecule has 0 radical (unpaired) electrons. The van der Waals surface area contributed by atoms with Crippen molar-refractivity contribution in [2.45, 2.75) is 19.8 Å². The van der Waals surface area contributed by atoms with E-state index < -0.39 is 0 Å². The van der Waals surface area contributed by atoms with Crippen LogP contribution in [0.5, 0.6) is 0 Å². The molecule has 0 saturated carbocycles. The number of thiol groups is 1. The van der Waals surface area contributed by atoms with Gasteiger partial charge in [0.15, 0.2) is 0 Å². The second-order valence-electron chi connectivity index (χ2n) is 3.77. The van der Waals surface area contributed by atoms with Gasteiger partial charge in [-0.3, -0.25) is 0 Å². The Bertz CT molecular complexity index is 322. The second kappa shape index (κ2) is 4.26. The van der Waals surface area contributed by atoms with Gasteiger partial charge in [-0.25, -0.2) is 0 Å². The Labute approximate surface area is 91.5 Å². The summed E-state index contributed by atoms with van der Waals surface area (Å²) in [6.07, 6.45) is 2.30.